The van der Waals surface area contributed by atoms with E-state index in [4.69, 9.17) is 13.9 Å². The van der Waals surface area contributed by atoms with E-state index >= 15 is 0 Å². The molecule has 144 valence electrons. The normalized spacial score (nSPS) is 10.8. The molecule has 0 bridgehead atoms. The van der Waals surface area contributed by atoms with Gasteiger partial charge in [-0.3, -0.25) is 4.79 Å². The topological polar surface area (TPSA) is 51.9 Å². The molecular formula is C23H23NO4. The highest BCUT2D eigenvalue weighted by Gasteiger charge is 2.14. The summed E-state index contributed by atoms with van der Waals surface area (Å²) in [7, 11) is 3.18. The molecule has 0 aliphatic heterocycles. The van der Waals surface area contributed by atoms with E-state index in [9.17, 15) is 4.79 Å². The monoisotopic (exact) mass is 377 g/mol. The summed E-state index contributed by atoms with van der Waals surface area (Å²) in [6.45, 7) is 0.896. The predicted molar refractivity (Wildman–Crippen MR) is 108 cm³/mol. The van der Waals surface area contributed by atoms with Crippen LogP contribution in [0.2, 0.25) is 0 Å². The van der Waals surface area contributed by atoms with Crippen LogP contribution in [-0.4, -0.2) is 25.0 Å². The molecule has 3 aromatic rings. The number of carbonyl (C=O) groups is 1. The molecule has 0 spiro atoms. The van der Waals surface area contributed by atoms with Crippen LogP contribution in [0.3, 0.4) is 0 Å². The first-order valence-corrected chi connectivity index (χ1v) is 8.95. The summed E-state index contributed by atoms with van der Waals surface area (Å²) in [5.41, 5.74) is 1.91. The van der Waals surface area contributed by atoms with Crippen molar-refractivity contribution in [1.29, 1.82) is 0 Å². The molecule has 28 heavy (non-hydrogen) atoms. The molecule has 0 radical (unpaired) electrons. The number of rotatable bonds is 8. The average molecular weight is 377 g/mol. The van der Waals surface area contributed by atoms with Gasteiger partial charge in [-0.2, -0.15) is 0 Å². The molecule has 0 saturated carbocycles. The maximum atomic E-state index is 12.9. The smallest absolute Gasteiger partial charge is 0.247 e. The number of hydrogen-bond acceptors (Lipinski definition) is 4. The Morgan fingerprint density at radius 1 is 0.964 bits per heavy atom. The number of ether oxygens (including phenoxy) is 2. The Balaban J connectivity index is 1.77. The molecule has 5 nitrogen and oxygen atoms in total. The molecule has 0 saturated heterocycles. The van der Waals surface area contributed by atoms with Crippen molar-refractivity contribution in [2.75, 3.05) is 14.2 Å². The number of amides is 1. The Kier molecular flexibility index (Phi) is 6.52. The van der Waals surface area contributed by atoms with Crippen LogP contribution in [0.25, 0.3) is 6.08 Å². The summed E-state index contributed by atoms with van der Waals surface area (Å²) in [6, 6.07) is 19.1. The predicted octanol–water partition coefficient (Wildman–Crippen LogP) is 4.54. The van der Waals surface area contributed by atoms with E-state index in [1.54, 1.807) is 37.5 Å². The van der Waals surface area contributed by atoms with Crippen LogP contribution in [0.4, 0.5) is 0 Å². The lowest BCUT2D eigenvalue weighted by Gasteiger charge is -2.20. The summed E-state index contributed by atoms with van der Waals surface area (Å²) in [5, 5.41) is 0. The van der Waals surface area contributed by atoms with Gasteiger partial charge in [0.15, 0.2) is 11.5 Å². The lowest BCUT2D eigenvalue weighted by molar-refractivity contribution is -0.127. The number of carbonyl (C=O) groups excluding carboxylic acids is 1. The SMILES string of the molecule is COc1ccc(C=CC(=O)N(Cc2ccccc2)Cc2ccco2)cc1OC. The number of hydrogen-bond donors (Lipinski definition) is 0. The van der Waals surface area contributed by atoms with Crippen molar-refractivity contribution < 1.29 is 18.7 Å². The van der Waals surface area contributed by atoms with Gasteiger partial charge in [0.2, 0.25) is 5.91 Å². The van der Waals surface area contributed by atoms with Gasteiger partial charge in [-0.05, 0) is 41.5 Å². The highest BCUT2D eigenvalue weighted by Crippen LogP contribution is 2.28. The minimum absolute atomic E-state index is 0.102. The molecular weight excluding hydrogens is 354 g/mol. The molecule has 1 heterocycles. The standard InChI is InChI=1S/C23H23NO4/c1-26-21-12-10-18(15-22(21)27-2)11-13-23(25)24(17-20-9-6-14-28-20)16-19-7-4-3-5-8-19/h3-15H,16-17H2,1-2H3. The first kappa shape index (κ1) is 19.3. The molecule has 0 unspecified atom stereocenters. The second-order valence-electron chi connectivity index (χ2n) is 6.21. The zero-order valence-corrected chi connectivity index (χ0v) is 16.0. The second kappa shape index (κ2) is 9.46. The zero-order chi connectivity index (χ0) is 19.8. The third-order valence-electron chi connectivity index (χ3n) is 4.28. The molecule has 0 atom stereocenters. The number of furan rings is 1. The Bertz CT molecular complexity index is 917. The fraction of sp³-hybridized carbons (Fsp3) is 0.174. The highest BCUT2D eigenvalue weighted by molar-refractivity contribution is 5.91. The van der Waals surface area contributed by atoms with E-state index in [0.29, 0.717) is 24.6 Å². The van der Waals surface area contributed by atoms with E-state index in [0.717, 1.165) is 16.9 Å². The van der Waals surface area contributed by atoms with E-state index < -0.39 is 0 Å². The van der Waals surface area contributed by atoms with Crippen molar-refractivity contribution in [1.82, 2.24) is 4.90 Å². The summed E-state index contributed by atoms with van der Waals surface area (Å²) < 4.78 is 16.0. The fourth-order valence-corrected chi connectivity index (χ4v) is 2.84. The van der Waals surface area contributed by atoms with Crippen LogP contribution >= 0.6 is 0 Å². The van der Waals surface area contributed by atoms with Crippen molar-refractivity contribution in [2.24, 2.45) is 0 Å². The van der Waals surface area contributed by atoms with E-state index in [2.05, 4.69) is 0 Å². The van der Waals surface area contributed by atoms with Gasteiger partial charge in [0.05, 0.1) is 27.0 Å². The molecule has 5 heteroatoms. The van der Waals surface area contributed by atoms with Gasteiger partial charge in [-0.15, -0.1) is 0 Å². The van der Waals surface area contributed by atoms with Crippen molar-refractivity contribution in [2.45, 2.75) is 13.1 Å². The maximum Gasteiger partial charge on any atom is 0.247 e. The van der Waals surface area contributed by atoms with Crippen molar-refractivity contribution >= 4 is 12.0 Å². The number of nitrogens with zero attached hydrogens (tertiary/aromatic N) is 1. The van der Waals surface area contributed by atoms with E-state index in [1.165, 1.54) is 0 Å². The molecule has 1 aromatic heterocycles. The van der Waals surface area contributed by atoms with Gasteiger partial charge in [0.25, 0.3) is 0 Å². The van der Waals surface area contributed by atoms with E-state index in [1.807, 2.05) is 60.7 Å². The zero-order valence-electron chi connectivity index (χ0n) is 16.0. The van der Waals surface area contributed by atoms with E-state index in [-0.39, 0.29) is 5.91 Å². The molecule has 0 fully saturated rings. The first-order valence-electron chi connectivity index (χ1n) is 8.95. The lowest BCUT2D eigenvalue weighted by Crippen LogP contribution is -2.28. The minimum Gasteiger partial charge on any atom is -0.493 e. The largest absolute Gasteiger partial charge is 0.493 e. The van der Waals surface area contributed by atoms with Gasteiger partial charge < -0.3 is 18.8 Å². The fourth-order valence-electron chi connectivity index (χ4n) is 2.84. The Morgan fingerprint density at radius 3 is 2.43 bits per heavy atom. The third kappa shape index (κ3) is 5.04. The number of benzene rings is 2. The Labute approximate surface area is 164 Å². The van der Waals surface area contributed by atoms with Crippen molar-refractivity contribution in [3.05, 3.63) is 89.9 Å². The molecule has 2 aromatic carbocycles. The van der Waals surface area contributed by atoms with Crippen LogP contribution in [0.1, 0.15) is 16.9 Å². The molecule has 0 aliphatic rings. The molecule has 0 N–H and O–H groups in total. The van der Waals surface area contributed by atoms with Gasteiger partial charge in [0.1, 0.15) is 5.76 Å². The summed E-state index contributed by atoms with van der Waals surface area (Å²) in [4.78, 5) is 14.6. The first-order chi connectivity index (χ1) is 13.7. The van der Waals surface area contributed by atoms with Gasteiger partial charge >= 0.3 is 0 Å². The van der Waals surface area contributed by atoms with Gasteiger partial charge in [-0.1, -0.05) is 36.4 Å². The quantitative estimate of drug-likeness (QED) is 0.541. The summed E-state index contributed by atoms with van der Waals surface area (Å²) >= 11 is 0. The molecule has 3 rings (SSSR count). The van der Waals surface area contributed by atoms with Crippen molar-refractivity contribution in [3.63, 3.8) is 0 Å². The average Bonchev–Trinajstić information content (AvgIpc) is 3.25. The van der Waals surface area contributed by atoms with Crippen LogP contribution in [-0.2, 0) is 17.9 Å². The molecule has 0 aliphatic carbocycles. The summed E-state index contributed by atoms with van der Waals surface area (Å²) in [5.74, 6) is 1.90. The minimum atomic E-state index is -0.102. The second-order valence-corrected chi connectivity index (χ2v) is 6.21. The summed E-state index contributed by atoms with van der Waals surface area (Å²) in [6.07, 6.45) is 4.94. The number of methoxy groups -OCH3 is 2. The van der Waals surface area contributed by atoms with Crippen molar-refractivity contribution in [3.8, 4) is 11.5 Å². The third-order valence-corrected chi connectivity index (χ3v) is 4.28. The Hall–Kier alpha value is -3.47. The Morgan fingerprint density at radius 2 is 1.75 bits per heavy atom. The maximum absolute atomic E-state index is 12.9. The van der Waals surface area contributed by atoms with Crippen LogP contribution in [0.15, 0.2) is 77.4 Å². The van der Waals surface area contributed by atoms with Gasteiger partial charge in [0, 0.05) is 12.6 Å². The van der Waals surface area contributed by atoms with Crippen LogP contribution in [0, 0.1) is 0 Å². The van der Waals surface area contributed by atoms with Crippen LogP contribution < -0.4 is 9.47 Å². The highest BCUT2D eigenvalue weighted by atomic mass is 16.5. The molecule has 1 amide bonds. The van der Waals surface area contributed by atoms with Crippen LogP contribution in [0.5, 0.6) is 11.5 Å². The lowest BCUT2D eigenvalue weighted by atomic mass is 10.1. The van der Waals surface area contributed by atoms with Gasteiger partial charge in [-0.25, -0.2) is 0 Å².